The first kappa shape index (κ1) is 18.5. The molecule has 6 heteroatoms. The summed E-state index contributed by atoms with van der Waals surface area (Å²) >= 11 is 5.82. The zero-order chi connectivity index (χ0) is 18.4. The second-order valence-electron chi connectivity index (χ2n) is 6.26. The summed E-state index contributed by atoms with van der Waals surface area (Å²) in [5, 5.41) is 3.49. The van der Waals surface area contributed by atoms with E-state index in [9.17, 15) is 4.79 Å². The average Bonchev–Trinajstić information content (AvgIpc) is 2.68. The number of likely N-dealkylation sites (N-methyl/N-ethyl adjacent to an activating group) is 1. The predicted octanol–water partition coefficient (Wildman–Crippen LogP) is 3.50. The van der Waals surface area contributed by atoms with Crippen molar-refractivity contribution >= 4 is 28.9 Å². The van der Waals surface area contributed by atoms with Gasteiger partial charge < -0.3 is 19.9 Å². The summed E-state index contributed by atoms with van der Waals surface area (Å²) in [5.41, 5.74) is 1.96. The smallest absolute Gasteiger partial charge is 0.262 e. The Morgan fingerprint density at radius 2 is 1.69 bits per heavy atom. The maximum absolute atomic E-state index is 12.0. The average molecular weight is 374 g/mol. The van der Waals surface area contributed by atoms with Gasteiger partial charge in [-0.05, 0) is 55.1 Å². The Bertz CT molecular complexity index is 711. The van der Waals surface area contributed by atoms with E-state index >= 15 is 0 Å². The van der Waals surface area contributed by atoms with E-state index in [1.807, 2.05) is 12.1 Å². The molecule has 0 radical (unpaired) electrons. The maximum atomic E-state index is 12.0. The first-order valence-corrected chi connectivity index (χ1v) is 9.27. The number of halogens is 1. The van der Waals surface area contributed by atoms with E-state index in [1.165, 1.54) is 5.69 Å². The molecule has 0 unspecified atom stereocenters. The number of nitrogens with one attached hydrogen (secondary N) is 1. The Kier molecular flexibility index (Phi) is 6.36. The lowest BCUT2D eigenvalue weighted by Crippen LogP contribution is -2.46. The highest BCUT2D eigenvalue weighted by atomic mass is 35.5. The number of rotatable bonds is 6. The van der Waals surface area contributed by atoms with Crippen LogP contribution >= 0.6 is 11.6 Å². The summed E-state index contributed by atoms with van der Waals surface area (Å²) < 4.78 is 5.45. The van der Waals surface area contributed by atoms with Crippen LogP contribution in [0, 0.1) is 0 Å². The van der Waals surface area contributed by atoms with Crippen LogP contribution in [-0.2, 0) is 4.79 Å². The molecule has 1 fully saturated rings. The first-order chi connectivity index (χ1) is 12.6. The number of amides is 1. The van der Waals surface area contributed by atoms with Gasteiger partial charge >= 0.3 is 0 Å². The van der Waals surface area contributed by atoms with Gasteiger partial charge in [-0.25, -0.2) is 0 Å². The molecule has 0 spiro atoms. The second-order valence-corrected chi connectivity index (χ2v) is 6.70. The lowest BCUT2D eigenvalue weighted by Gasteiger charge is -2.35. The minimum Gasteiger partial charge on any atom is -0.484 e. The number of hydrogen-bond donors (Lipinski definition) is 1. The summed E-state index contributed by atoms with van der Waals surface area (Å²) in [5.74, 6) is 0.426. The normalized spacial score (nSPS) is 14.9. The number of carbonyl (C=O) groups is 1. The third-order valence-electron chi connectivity index (χ3n) is 4.52. The minimum atomic E-state index is -0.190. The maximum Gasteiger partial charge on any atom is 0.262 e. The third-order valence-corrected chi connectivity index (χ3v) is 4.77. The van der Waals surface area contributed by atoms with Gasteiger partial charge in [-0.1, -0.05) is 18.5 Å². The minimum absolute atomic E-state index is 0.0393. The van der Waals surface area contributed by atoms with Crippen molar-refractivity contribution in [1.29, 1.82) is 0 Å². The number of benzene rings is 2. The number of anilines is 2. The van der Waals surface area contributed by atoms with Crippen LogP contribution in [0.1, 0.15) is 6.92 Å². The van der Waals surface area contributed by atoms with Gasteiger partial charge in [-0.3, -0.25) is 4.79 Å². The molecule has 1 heterocycles. The van der Waals surface area contributed by atoms with E-state index in [-0.39, 0.29) is 12.5 Å². The second kappa shape index (κ2) is 8.92. The molecule has 26 heavy (non-hydrogen) atoms. The zero-order valence-corrected chi connectivity index (χ0v) is 15.7. The van der Waals surface area contributed by atoms with Crippen molar-refractivity contribution in [2.45, 2.75) is 6.92 Å². The fourth-order valence-corrected chi connectivity index (χ4v) is 3.08. The van der Waals surface area contributed by atoms with E-state index in [0.29, 0.717) is 10.8 Å². The van der Waals surface area contributed by atoms with E-state index in [2.05, 4.69) is 34.2 Å². The predicted molar refractivity (Wildman–Crippen MR) is 106 cm³/mol. The molecule has 3 rings (SSSR count). The van der Waals surface area contributed by atoms with Crippen LogP contribution in [0.2, 0.25) is 5.02 Å². The van der Waals surface area contributed by atoms with E-state index in [1.54, 1.807) is 24.3 Å². The van der Waals surface area contributed by atoms with Crippen LogP contribution in [0.5, 0.6) is 5.75 Å². The molecule has 2 aromatic rings. The van der Waals surface area contributed by atoms with Crippen LogP contribution in [-0.4, -0.2) is 50.1 Å². The van der Waals surface area contributed by atoms with Crippen molar-refractivity contribution in [2.24, 2.45) is 0 Å². The highest BCUT2D eigenvalue weighted by molar-refractivity contribution is 6.30. The molecule has 138 valence electrons. The molecule has 1 N–H and O–H groups in total. The number of hydrogen-bond acceptors (Lipinski definition) is 4. The number of ether oxygens (including phenoxy) is 1. The van der Waals surface area contributed by atoms with E-state index in [0.717, 1.165) is 38.4 Å². The van der Waals surface area contributed by atoms with Gasteiger partial charge in [0, 0.05) is 42.6 Å². The molecule has 1 amide bonds. The molecular weight excluding hydrogens is 350 g/mol. The standard InChI is InChI=1S/C20H24ClN3O2/c1-2-23-11-13-24(14-12-23)18-7-5-17(6-8-18)22-20(25)15-26-19-9-3-16(21)4-10-19/h3-10H,2,11-15H2,1H3,(H,22,25). The SMILES string of the molecule is CCN1CCN(c2ccc(NC(=O)COc3ccc(Cl)cc3)cc2)CC1. The van der Waals surface area contributed by atoms with E-state index in [4.69, 9.17) is 16.3 Å². The Morgan fingerprint density at radius 1 is 1.04 bits per heavy atom. The monoisotopic (exact) mass is 373 g/mol. The first-order valence-electron chi connectivity index (χ1n) is 8.89. The summed E-state index contributed by atoms with van der Waals surface area (Å²) in [6.07, 6.45) is 0. The van der Waals surface area contributed by atoms with Crippen molar-refractivity contribution in [3.63, 3.8) is 0 Å². The third kappa shape index (κ3) is 5.13. The topological polar surface area (TPSA) is 44.8 Å². The van der Waals surface area contributed by atoms with Gasteiger partial charge in [0.2, 0.25) is 0 Å². The number of piperazine rings is 1. The number of nitrogens with zero attached hydrogens (tertiary/aromatic N) is 2. The van der Waals surface area contributed by atoms with Crippen molar-refractivity contribution in [3.05, 3.63) is 53.6 Å². The van der Waals surface area contributed by atoms with Gasteiger partial charge in [-0.2, -0.15) is 0 Å². The molecule has 0 atom stereocenters. The van der Waals surface area contributed by atoms with Crippen LogP contribution < -0.4 is 15.0 Å². The summed E-state index contributed by atoms with van der Waals surface area (Å²) in [7, 11) is 0. The van der Waals surface area contributed by atoms with Crippen molar-refractivity contribution < 1.29 is 9.53 Å². The van der Waals surface area contributed by atoms with Crippen LogP contribution in [0.4, 0.5) is 11.4 Å². The molecule has 0 aromatic heterocycles. The highest BCUT2D eigenvalue weighted by Crippen LogP contribution is 2.20. The highest BCUT2D eigenvalue weighted by Gasteiger charge is 2.15. The largest absolute Gasteiger partial charge is 0.484 e. The van der Waals surface area contributed by atoms with E-state index < -0.39 is 0 Å². The lowest BCUT2D eigenvalue weighted by atomic mass is 10.2. The summed E-state index contributed by atoms with van der Waals surface area (Å²) in [6.45, 7) is 7.53. The summed E-state index contributed by atoms with van der Waals surface area (Å²) in [6, 6.07) is 14.9. The van der Waals surface area contributed by atoms with Gasteiger partial charge in [0.25, 0.3) is 5.91 Å². The van der Waals surface area contributed by atoms with Gasteiger partial charge in [0.05, 0.1) is 0 Å². The van der Waals surface area contributed by atoms with Crippen LogP contribution in [0.15, 0.2) is 48.5 Å². The van der Waals surface area contributed by atoms with Crippen LogP contribution in [0.25, 0.3) is 0 Å². The summed E-state index contributed by atoms with van der Waals surface area (Å²) in [4.78, 5) is 16.9. The van der Waals surface area contributed by atoms with Crippen molar-refractivity contribution in [3.8, 4) is 5.75 Å². The molecule has 1 aliphatic heterocycles. The van der Waals surface area contributed by atoms with Gasteiger partial charge in [0.15, 0.2) is 6.61 Å². The molecule has 0 aliphatic carbocycles. The van der Waals surface area contributed by atoms with Crippen molar-refractivity contribution in [1.82, 2.24) is 4.90 Å². The van der Waals surface area contributed by atoms with Crippen LogP contribution in [0.3, 0.4) is 0 Å². The van der Waals surface area contributed by atoms with Gasteiger partial charge in [0.1, 0.15) is 5.75 Å². The number of carbonyl (C=O) groups excluding carboxylic acids is 1. The molecule has 0 bridgehead atoms. The molecular formula is C20H24ClN3O2. The molecule has 0 saturated carbocycles. The zero-order valence-electron chi connectivity index (χ0n) is 15.0. The fraction of sp³-hybridized carbons (Fsp3) is 0.350. The molecule has 5 nitrogen and oxygen atoms in total. The van der Waals surface area contributed by atoms with Crippen molar-refractivity contribution in [2.75, 3.05) is 49.5 Å². The Labute approximate surface area is 159 Å². The molecule has 2 aromatic carbocycles. The Balaban J connectivity index is 1.47. The molecule has 1 saturated heterocycles. The lowest BCUT2D eigenvalue weighted by molar-refractivity contribution is -0.118. The molecule has 1 aliphatic rings. The Morgan fingerprint density at radius 3 is 2.31 bits per heavy atom. The Hall–Kier alpha value is -2.24. The van der Waals surface area contributed by atoms with Gasteiger partial charge in [-0.15, -0.1) is 0 Å². The fourth-order valence-electron chi connectivity index (χ4n) is 2.95. The quantitative estimate of drug-likeness (QED) is 0.841.